The fraction of sp³-hybridized carbons (Fsp3) is 0.467. The lowest BCUT2D eigenvalue weighted by Crippen LogP contribution is -2.43. The number of hydrogen-bond acceptors (Lipinski definition) is 3. The van der Waals surface area contributed by atoms with Crippen LogP contribution >= 0.6 is 0 Å². The summed E-state index contributed by atoms with van der Waals surface area (Å²) in [5.41, 5.74) is -0.900. The Bertz CT molecular complexity index is 440. The highest BCUT2D eigenvalue weighted by Crippen LogP contribution is 2.25. The number of nitrogens with one attached hydrogen (secondary N) is 1. The summed E-state index contributed by atoms with van der Waals surface area (Å²) in [7, 11) is 0. The van der Waals surface area contributed by atoms with Gasteiger partial charge in [-0.1, -0.05) is 32.0 Å². The number of hydrogen-bond donors (Lipinski definition) is 2. The lowest BCUT2D eigenvalue weighted by Gasteiger charge is -2.26. The van der Waals surface area contributed by atoms with Gasteiger partial charge in [0.1, 0.15) is 5.75 Å². The smallest absolute Gasteiger partial charge is 0.311 e. The van der Waals surface area contributed by atoms with E-state index in [0.29, 0.717) is 18.6 Å². The van der Waals surface area contributed by atoms with Crippen LogP contribution in [-0.4, -0.2) is 30.1 Å². The number of para-hydroxylation sites is 1. The van der Waals surface area contributed by atoms with Gasteiger partial charge in [0.15, 0.2) is 6.61 Å². The summed E-state index contributed by atoms with van der Waals surface area (Å²) in [5.74, 6) is -0.591. The van der Waals surface area contributed by atoms with Gasteiger partial charge in [0.25, 0.3) is 5.91 Å². The molecule has 0 saturated carbocycles. The Morgan fingerprint density at radius 1 is 1.20 bits per heavy atom. The van der Waals surface area contributed by atoms with E-state index >= 15 is 0 Å². The second-order valence-electron chi connectivity index (χ2n) is 4.67. The maximum absolute atomic E-state index is 11.7. The third-order valence-electron chi connectivity index (χ3n) is 3.54. The van der Waals surface area contributed by atoms with E-state index in [4.69, 9.17) is 4.74 Å². The van der Waals surface area contributed by atoms with Crippen molar-refractivity contribution in [3.05, 3.63) is 30.3 Å². The molecule has 1 aromatic rings. The Hall–Kier alpha value is -2.04. The second kappa shape index (κ2) is 7.53. The molecule has 0 aliphatic heterocycles. The van der Waals surface area contributed by atoms with Crippen molar-refractivity contribution in [1.82, 2.24) is 5.32 Å². The molecule has 0 saturated heterocycles. The summed E-state index contributed by atoms with van der Waals surface area (Å²) in [6.07, 6.45) is 0.942. The Morgan fingerprint density at radius 3 is 2.30 bits per heavy atom. The molecule has 0 spiro atoms. The first-order valence-corrected chi connectivity index (χ1v) is 6.72. The molecule has 2 N–H and O–H groups in total. The summed E-state index contributed by atoms with van der Waals surface area (Å²) in [6, 6.07) is 9.00. The number of benzene rings is 1. The first-order valence-electron chi connectivity index (χ1n) is 6.72. The first-order chi connectivity index (χ1) is 9.54. The van der Waals surface area contributed by atoms with Crippen LogP contribution in [0, 0.1) is 5.41 Å². The molecule has 1 aromatic carbocycles. The van der Waals surface area contributed by atoms with E-state index in [2.05, 4.69) is 5.32 Å². The summed E-state index contributed by atoms with van der Waals surface area (Å²) in [6.45, 7) is 3.62. The van der Waals surface area contributed by atoms with Gasteiger partial charge in [0.2, 0.25) is 0 Å². The van der Waals surface area contributed by atoms with Crippen LogP contribution in [-0.2, 0) is 9.59 Å². The number of ether oxygens (including phenoxy) is 1. The van der Waals surface area contributed by atoms with E-state index in [9.17, 15) is 14.7 Å². The molecular formula is C15H21NO4. The fourth-order valence-electron chi connectivity index (χ4n) is 1.86. The van der Waals surface area contributed by atoms with Crippen LogP contribution in [0.2, 0.25) is 0 Å². The van der Waals surface area contributed by atoms with Gasteiger partial charge >= 0.3 is 5.97 Å². The minimum Gasteiger partial charge on any atom is -0.484 e. The zero-order valence-electron chi connectivity index (χ0n) is 11.9. The monoisotopic (exact) mass is 279 g/mol. The summed E-state index contributed by atoms with van der Waals surface area (Å²) < 4.78 is 5.30. The maximum atomic E-state index is 11.7. The first kappa shape index (κ1) is 16.0. The number of aliphatic carboxylic acids is 1. The van der Waals surface area contributed by atoms with E-state index in [1.54, 1.807) is 12.1 Å². The molecular weight excluding hydrogens is 258 g/mol. The van der Waals surface area contributed by atoms with Crippen LogP contribution in [0.25, 0.3) is 0 Å². The largest absolute Gasteiger partial charge is 0.484 e. The van der Waals surface area contributed by atoms with E-state index < -0.39 is 11.4 Å². The Balaban J connectivity index is 2.44. The lowest BCUT2D eigenvalue weighted by molar-refractivity contribution is -0.149. The molecule has 0 atom stereocenters. The zero-order chi connectivity index (χ0) is 15.0. The number of carboxylic acid groups (broad SMARTS) is 1. The highest BCUT2D eigenvalue weighted by Gasteiger charge is 2.35. The van der Waals surface area contributed by atoms with E-state index in [-0.39, 0.29) is 19.1 Å². The molecule has 20 heavy (non-hydrogen) atoms. The van der Waals surface area contributed by atoms with Gasteiger partial charge in [-0.2, -0.15) is 0 Å². The summed E-state index contributed by atoms with van der Waals surface area (Å²) in [5, 5.41) is 11.9. The van der Waals surface area contributed by atoms with Crippen molar-refractivity contribution >= 4 is 11.9 Å². The fourth-order valence-corrected chi connectivity index (χ4v) is 1.86. The Labute approximate surface area is 118 Å². The van der Waals surface area contributed by atoms with Crippen molar-refractivity contribution in [2.75, 3.05) is 13.2 Å². The van der Waals surface area contributed by atoms with Crippen LogP contribution in [0.3, 0.4) is 0 Å². The van der Waals surface area contributed by atoms with Crippen molar-refractivity contribution in [3.8, 4) is 5.75 Å². The highest BCUT2D eigenvalue weighted by atomic mass is 16.5. The standard InChI is InChI=1S/C15H21NO4/c1-3-15(4-2,14(18)19)11-16-13(17)10-20-12-8-6-5-7-9-12/h5-9H,3-4,10-11H2,1-2H3,(H,16,17)(H,18,19). The molecule has 5 nitrogen and oxygen atoms in total. The molecule has 0 aliphatic rings. The lowest BCUT2D eigenvalue weighted by atomic mass is 9.82. The van der Waals surface area contributed by atoms with Crippen LogP contribution in [0.1, 0.15) is 26.7 Å². The normalized spacial score (nSPS) is 10.9. The number of amides is 1. The number of carbonyl (C=O) groups is 2. The van der Waals surface area contributed by atoms with Gasteiger partial charge in [0.05, 0.1) is 5.41 Å². The Morgan fingerprint density at radius 2 is 1.80 bits per heavy atom. The molecule has 0 aliphatic carbocycles. The molecule has 0 unspecified atom stereocenters. The van der Waals surface area contributed by atoms with E-state index in [1.165, 1.54) is 0 Å². The SMILES string of the molecule is CCC(CC)(CNC(=O)COc1ccccc1)C(=O)O. The predicted molar refractivity (Wildman–Crippen MR) is 75.6 cm³/mol. The van der Waals surface area contributed by atoms with Gasteiger partial charge in [-0.3, -0.25) is 9.59 Å². The van der Waals surface area contributed by atoms with Gasteiger partial charge in [0, 0.05) is 6.54 Å². The molecule has 0 heterocycles. The number of rotatable bonds is 8. The molecule has 5 heteroatoms. The predicted octanol–water partition coefficient (Wildman–Crippen LogP) is 2.07. The Kier molecular flexibility index (Phi) is 6.03. The molecule has 0 aromatic heterocycles. The van der Waals surface area contributed by atoms with Gasteiger partial charge in [-0.05, 0) is 25.0 Å². The van der Waals surface area contributed by atoms with E-state index in [1.807, 2.05) is 32.0 Å². The van der Waals surface area contributed by atoms with Crippen molar-refractivity contribution < 1.29 is 19.4 Å². The van der Waals surface area contributed by atoms with Crippen LogP contribution in [0.5, 0.6) is 5.75 Å². The van der Waals surface area contributed by atoms with Crippen molar-refractivity contribution in [3.63, 3.8) is 0 Å². The van der Waals surface area contributed by atoms with Crippen LogP contribution < -0.4 is 10.1 Å². The topological polar surface area (TPSA) is 75.6 Å². The third-order valence-corrected chi connectivity index (χ3v) is 3.54. The van der Waals surface area contributed by atoms with E-state index in [0.717, 1.165) is 0 Å². The molecule has 0 radical (unpaired) electrons. The van der Waals surface area contributed by atoms with Crippen LogP contribution in [0.4, 0.5) is 0 Å². The molecule has 0 bridgehead atoms. The quantitative estimate of drug-likeness (QED) is 0.764. The van der Waals surface area contributed by atoms with Crippen molar-refractivity contribution in [2.24, 2.45) is 5.41 Å². The molecule has 0 fully saturated rings. The second-order valence-corrected chi connectivity index (χ2v) is 4.67. The molecule has 1 rings (SSSR count). The minimum absolute atomic E-state index is 0.117. The molecule has 110 valence electrons. The van der Waals surface area contributed by atoms with Gasteiger partial charge in [-0.25, -0.2) is 0 Å². The van der Waals surface area contributed by atoms with Crippen molar-refractivity contribution in [2.45, 2.75) is 26.7 Å². The van der Waals surface area contributed by atoms with Crippen LogP contribution in [0.15, 0.2) is 30.3 Å². The zero-order valence-corrected chi connectivity index (χ0v) is 11.9. The number of carboxylic acids is 1. The van der Waals surface area contributed by atoms with Gasteiger partial charge < -0.3 is 15.2 Å². The van der Waals surface area contributed by atoms with Gasteiger partial charge in [-0.15, -0.1) is 0 Å². The average molecular weight is 279 g/mol. The summed E-state index contributed by atoms with van der Waals surface area (Å²) in [4.78, 5) is 23.0. The van der Waals surface area contributed by atoms with Crippen molar-refractivity contribution in [1.29, 1.82) is 0 Å². The maximum Gasteiger partial charge on any atom is 0.311 e. The minimum atomic E-state index is -0.900. The summed E-state index contributed by atoms with van der Waals surface area (Å²) >= 11 is 0. The highest BCUT2D eigenvalue weighted by molar-refractivity contribution is 5.80. The average Bonchev–Trinajstić information content (AvgIpc) is 2.47. The third kappa shape index (κ3) is 4.26. The molecule has 1 amide bonds. The number of carbonyl (C=O) groups excluding carboxylic acids is 1.